The van der Waals surface area contributed by atoms with Gasteiger partial charge in [0.25, 0.3) is 0 Å². The molecule has 1 heterocycles. The number of nitrogens with zero attached hydrogens (tertiary/aromatic N) is 1. The Morgan fingerprint density at radius 1 is 1.55 bits per heavy atom. The van der Waals surface area contributed by atoms with Crippen LogP contribution in [0.3, 0.4) is 0 Å². The maximum Gasteiger partial charge on any atom is 0.123 e. The first-order chi connectivity index (χ1) is 5.34. The van der Waals surface area contributed by atoms with Gasteiger partial charge in [-0.1, -0.05) is 0 Å². The fraction of sp³-hybridized carbons (Fsp3) is 0.375. The number of halogens is 1. The first kappa shape index (κ1) is 7.34. The van der Waals surface area contributed by atoms with Gasteiger partial charge in [-0.25, -0.2) is 0 Å². The van der Waals surface area contributed by atoms with Crippen molar-refractivity contribution in [2.24, 2.45) is 0 Å². The summed E-state index contributed by atoms with van der Waals surface area (Å²) in [6.07, 6.45) is 4.67. The SMILES string of the molecule is Ic1cc(OC2CC2)ccn1. The van der Waals surface area contributed by atoms with Gasteiger partial charge in [0, 0.05) is 12.3 Å². The molecule has 0 N–H and O–H groups in total. The fourth-order valence-electron chi connectivity index (χ4n) is 0.836. The summed E-state index contributed by atoms with van der Waals surface area (Å²) in [6.45, 7) is 0. The van der Waals surface area contributed by atoms with Gasteiger partial charge in [-0.15, -0.1) is 0 Å². The first-order valence-corrected chi connectivity index (χ1v) is 4.71. The molecule has 2 rings (SSSR count). The van der Waals surface area contributed by atoms with Crippen LogP contribution in [0.1, 0.15) is 12.8 Å². The first-order valence-electron chi connectivity index (χ1n) is 3.63. The van der Waals surface area contributed by atoms with Gasteiger partial charge in [0.1, 0.15) is 9.45 Å². The molecule has 1 saturated carbocycles. The van der Waals surface area contributed by atoms with E-state index in [1.807, 2.05) is 12.1 Å². The quantitative estimate of drug-likeness (QED) is 0.601. The number of rotatable bonds is 2. The zero-order valence-corrected chi connectivity index (χ0v) is 8.11. The Hall–Kier alpha value is -0.320. The highest BCUT2D eigenvalue weighted by Crippen LogP contribution is 2.26. The number of aromatic nitrogens is 1. The molecule has 0 aliphatic heterocycles. The summed E-state index contributed by atoms with van der Waals surface area (Å²) in [4.78, 5) is 4.07. The summed E-state index contributed by atoms with van der Waals surface area (Å²) in [6, 6.07) is 3.86. The van der Waals surface area contributed by atoms with Crippen molar-refractivity contribution in [2.45, 2.75) is 18.9 Å². The van der Waals surface area contributed by atoms with Crippen molar-refractivity contribution < 1.29 is 4.74 Å². The number of hydrogen-bond acceptors (Lipinski definition) is 2. The van der Waals surface area contributed by atoms with Gasteiger partial charge in [0.15, 0.2) is 0 Å². The van der Waals surface area contributed by atoms with Crippen molar-refractivity contribution in [1.29, 1.82) is 0 Å². The fourth-order valence-corrected chi connectivity index (χ4v) is 1.30. The molecule has 0 atom stereocenters. The molecule has 0 aromatic carbocycles. The number of hydrogen-bond donors (Lipinski definition) is 0. The second kappa shape index (κ2) is 2.97. The molecule has 0 amide bonds. The van der Waals surface area contributed by atoms with Gasteiger partial charge in [0.05, 0.1) is 6.10 Å². The molecular weight excluding hydrogens is 253 g/mol. The smallest absolute Gasteiger partial charge is 0.123 e. The number of pyridine rings is 1. The third-order valence-corrected chi connectivity index (χ3v) is 2.12. The molecule has 1 aromatic rings. The summed E-state index contributed by atoms with van der Waals surface area (Å²) in [5.41, 5.74) is 0. The highest BCUT2D eigenvalue weighted by molar-refractivity contribution is 14.1. The molecule has 1 aliphatic carbocycles. The van der Waals surface area contributed by atoms with E-state index in [0.717, 1.165) is 9.45 Å². The molecule has 0 spiro atoms. The molecular formula is C8H8INO. The maximum absolute atomic E-state index is 5.56. The molecule has 1 aliphatic rings. The van der Waals surface area contributed by atoms with Gasteiger partial charge in [-0.2, -0.15) is 0 Å². The van der Waals surface area contributed by atoms with E-state index in [4.69, 9.17) is 4.74 Å². The lowest BCUT2D eigenvalue weighted by Gasteiger charge is -2.02. The van der Waals surface area contributed by atoms with E-state index in [1.54, 1.807) is 6.20 Å². The maximum atomic E-state index is 5.56. The Morgan fingerprint density at radius 3 is 3.00 bits per heavy atom. The average Bonchev–Trinajstić information content (AvgIpc) is 2.71. The molecule has 1 fully saturated rings. The van der Waals surface area contributed by atoms with Crippen molar-refractivity contribution in [3.8, 4) is 5.75 Å². The van der Waals surface area contributed by atoms with Gasteiger partial charge in [-0.3, -0.25) is 4.98 Å². The summed E-state index contributed by atoms with van der Waals surface area (Å²) >= 11 is 2.18. The van der Waals surface area contributed by atoms with E-state index in [0.29, 0.717) is 6.10 Å². The van der Waals surface area contributed by atoms with E-state index in [1.165, 1.54) is 12.8 Å². The van der Waals surface area contributed by atoms with E-state index in [2.05, 4.69) is 27.6 Å². The van der Waals surface area contributed by atoms with Gasteiger partial charge >= 0.3 is 0 Å². The van der Waals surface area contributed by atoms with Crippen LogP contribution in [0.25, 0.3) is 0 Å². The van der Waals surface area contributed by atoms with Crippen LogP contribution in [-0.2, 0) is 0 Å². The van der Waals surface area contributed by atoms with Crippen LogP contribution in [0.15, 0.2) is 18.3 Å². The minimum Gasteiger partial charge on any atom is -0.490 e. The minimum atomic E-state index is 0.480. The summed E-state index contributed by atoms with van der Waals surface area (Å²) in [7, 11) is 0. The monoisotopic (exact) mass is 261 g/mol. The van der Waals surface area contributed by atoms with Crippen molar-refractivity contribution in [2.75, 3.05) is 0 Å². The predicted octanol–water partition coefficient (Wildman–Crippen LogP) is 2.23. The lowest BCUT2D eigenvalue weighted by Crippen LogP contribution is -1.96. The zero-order valence-electron chi connectivity index (χ0n) is 5.96. The van der Waals surface area contributed by atoms with Crippen LogP contribution in [0.4, 0.5) is 0 Å². The predicted molar refractivity (Wildman–Crippen MR) is 50.6 cm³/mol. The molecule has 0 saturated heterocycles. The zero-order chi connectivity index (χ0) is 7.68. The van der Waals surface area contributed by atoms with Crippen molar-refractivity contribution in [3.05, 3.63) is 22.0 Å². The molecule has 1 aromatic heterocycles. The molecule has 0 radical (unpaired) electrons. The molecule has 58 valence electrons. The third-order valence-electron chi connectivity index (χ3n) is 1.53. The van der Waals surface area contributed by atoms with Crippen LogP contribution in [0.2, 0.25) is 0 Å². The Balaban J connectivity index is 2.10. The normalized spacial score (nSPS) is 16.5. The molecule has 3 heteroatoms. The van der Waals surface area contributed by atoms with E-state index < -0.39 is 0 Å². The molecule has 0 bridgehead atoms. The summed E-state index contributed by atoms with van der Waals surface area (Å²) < 4.78 is 6.55. The topological polar surface area (TPSA) is 22.1 Å². The second-order valence-corrected chi connectivity index (χ2v) is 3.74. The lowest BCUT2D eigenvalue weighted by atomic mass is 10.4. The Bertz CT molecular complexity index is 260. The van der Waals surface area contributed by atoms with Crippen molar-refractivity contribution in [3.63, 3.8) is 0 Å². The molecule has 2 nitrogen and oxygen atoms in total. The highest BCUT2D eigenvalue weighted by Gasteiger charge is 2.23. The van der Waals surface area contributed by atoms with Gasteiger partial charge in [0.2, 0.25) is 0 Å². The van der Waals surface area contributed by atoms with Crippen LogP contribution < -0.4 is 4.74 Å². The van der Waals surface area contributed by atoms with E-state index in [-0.39, 0.29) is 0 Å². The van der Waals surface area contributed by atoms with Crippen LogP contribution >= 0.6 is 22.6 Å². The summed E-state index contributed by atoms with van der Waals surface area (Å²) in [5.74, 6) is 0.951. The Morgan fingerprint density at radius 2 is 2.36 bits per heavy atom. The Labute approximate surface area is 79.1 Å². The van der Waals surface area contributed by atoms with E-state index in [9.17, 15) is 0 Å². The van der Waals surface area contributed by atoms with E-state index >= 15 is 0 Å². The van der Waals surface area contributed by atoms with Crippen LogP contribution in [-0.4, -0.2) is 11.1 Å². The Kier molecular flexibility index (Phi) is 1.98. The average molecular weight is 261 g/mol. The van der Waals surface area contributed by atoms with Gasteiger partial charge in [-0.05, 0) is 41.5 Å². The largest absolute Gasteiger partial charge is 0.490 e. The lowest BCUT2D eigenvalue weighted by molar-refractivity contribution is 0.302. The highest BCUT2D eigenvalue weighted by atomic mass is 127. The second-order valence-electron chi connectivity index (χ2n) is 2.63. The van der Waals surface area contributed by atoms with Crippen LogP contribution in [0.5, 0.6) is 5.75 Å². The van der Waals surface area contributed by atoms with Gasteiger partial charge < -0.3 is 4.74 Å². The number of ether oxygens (including phenoxy) is 1. The third kappa shape index (κ3) is 2.05. The van der Waals surface area contributed by atoms with Crippen molar-refractivity contribution >= 4 is 22.6 Å². The molecule has 11 heavy (non-hydrogen) atoms. The minimum absolute atomic E-state index is 0.480. The van der Waals surface area contributed by atoms with Crippen LogP contribution in [0, 0.1) is 3.70 Å². The summed E-state index contributed by atoms with van der Waals surface area (Å²) in [5, 5.41) is 0. The standard InChI is InChI=1S/C8H8INO/c9-8-5-7(3-4-10-8)11-6-1-2-6/h3-6H,1-2H2. The molecule has 0 unspecified atom stereocenters. The van der Waals surface area contributed by atoms with Crippen molar-refractivity contribution in [1.82, 2.24) is 4.98 Å².